The van der Waals surface area contributed by atoms with Crippen LogP contribution in [-0.2, 0) is 64.6 Å². The molecule has 354 valence electrons. The van der Waals surface area contributed by atoms with E-state index in [1.54, 1.807) is 4.90 Å². The lowest BCUT2D eigenvalue weighted by atomic mass is 10.1. The van der Waals surface area contributed by atoms with E-state index in [0.717, 1.165) is 73.8 Å². The first-order valence-electron chi connectivity index (χ1n) is 20.6. The summed E-state index contributed by atoms with van der Waals surface area (Å²) >= 11 is 0. The number of hydrogen-bond donors (Lipinski definition) is 1. The fourth-order valence-electron chi connectivity index (χ4n) is 7.23. The molecule has 0 aliphatic carbocycles. The van der Waals surface area contributed by atoms with Crippen LogP contribution in [0.15, 0.2) is 117 Å². The average molecular weight is 965 g/mol. The summed E-state index contributed by atoms with van der Waals surface area (Å²) in [5.74, 6) is -0.556. The van der Waals surface area contributed by atoms with Crippen LogP contribution in [0.5, 0.6) is 0 Å². The molecule has 3 aliphatic heterocycles. The molecular formula is C44H46F6N6O8S2. The number of fused-ring (bicyclic) bond motifs is 1. The Morgan fingerprint density at radius 3 is 1.64 bits per heavy atom. The highest BCUT2D eigenvalue weighted by Gasteiger charge is 2.35. The van der Waals surface area contributed by atoms with E-state index in [0.29, 0.717) is 36.6 Å². The zero-order chi connectivity index (χ0) is 47.7. The van der Waals surface area contributed by atoms with Gasteiger partial charge in [0.25, 0.3) is 11.8 Å². The van der Waals surface area contributed by atoms with Gasteiger partial charge in [-0.05, 0) is 66.9 Å². The Kier molecular flexibility index (Phi) is 15.9. The number of rotatable bonds is 12. The van der Waals surface area contributed by atoms with Crippen LogP contribution in [0, 0.1) is 6.92 Å². The maximum absolute atomic E-state index is 12.9. The second-order valence-electron chi connectivity index (χ2n) is 15.4. The van der Waals surface area contributed by atoms with E-state index in [4.69, 9.17) is 9.68 Å². The molecule has 1 N–H and O–H groups in total. The number of sulfonamides is 2. The van der Waals surface area contributed by atoms with Gasteiger partial charge in [0.05, 0.1) is 32.3 Å². The van der Waals surface area contributed by atoms with Gasteiger partial charge in [0.2, 0.25) is 20.0 Å². The van der Waals surface area contributed by atoms with Crippen molar-refractivity contribution < 1.29 is 62.4 Å². The summed E-state index contributed by atoms with van der Waals surface area (Å²) in [5.41, 5.74) is 3.17. The monoisotopic (exact) mass is 964 g/mol. The Bertz CT molecular complexity index is 2660. The fraction of sp³-hybridized carbons (Fsp3) is 0.364. The molecule has 0 saturated carbocycles. The third kappa shape index (κ3) is 12.9. The minimum atomic E-state index is -4.63. The van der Waals surface area contributed by atoms with Crippen molar-refractivity contribution in [3.63, 3.8) is 0 Å². The number of benzene rings is 4. The van der Waals surface area contributed by atoms with Crippen LogP contribution in [0.2, 0.25) is 0 Å². The quantitative estimate of drug-likeness (QED) is 0.118. The van der Waals surface area contributed by atoms with Crippen molar-refractivity contribution in [2.75, 3.05) is 50.8 Å². The number of para-hydroxylation sites is 1. The number of aryl methyl sites for hydroxylation is 1. The molecule has 22 heteroatoms. The lowest BCUT2D eigenvalue weighted by Gasteiger charge is -2.27. The minimum absolute atomic E-state index is 0.0559. The van der Waals surface area contributed by atoms with E-state index in [1.807, 2.05) is 55.5 Å². The number of anilines is 1. The Hall–Kier alpha value is -5.84. The maximum atomic E-state index is 12.9. The van der Waals surface area contributed by atoms with Crippen molar-refractivity contribution in [2.24, 2.45) is 10.3 Å². The SMILES string of the molecule is Cc1cccc(CNC(=O)CON=C2CCN(S(=O)(=O)c3cccc(C(F)(F)F)c3)CC2)c1.O=C(CON=C1CCN(S(=O)(=O)c2cccc(C(F)(F)F)c2)CC1)N1CCc2ccccc21. The maximum Gasteiger partial charge on any atom is 0.416 e. The number of hydrogen-bond acceptors (Lipinski definition) is 10. The van der Waals surface area contributed by atoms with E-state index >= 15 is 0 Å². The van der Waals surface area contributed by atoms with Gasteiger partial charge in [-0.2, -0.15) is 35.0 Å². The topological polar surface area (TPSA) is 167 Å². The highest BCUT2D eigenvalue weighted by molar-refractivity contribution is 7.89. The normalized spacial score (nSPS) is 16.1. The molecule has 0 radical (unpaired) electrons. The predicted molar refractivity (Wildman–Crippen MR) is 231 cm³/mol. The van der Waals surface area contributed by atoms with Crippen LogP contribution in [0.3, 0.4) is 0 Å². The largest absolute Gasteiger partial charge is 0.416 e. The van der Waals surface area contributed by atoms with Crippen LogP contribution in [0.1, 0.15) is 53.5 Å². The van der Waals surface area contributed by atoms with E-state index in [9.17, 15) is 52.8 Å². The van der Waals surface area contributed by atoms with Gasteiger partial charge in [-0.15, -0.1) is 0 Å². The Labute approximate surface area is 377 Å². The number of halogens is 6. The molecular weight excluding hydrogens is 919 g/mol. The fourth-order valence-corrected chi connectivity index (χ4v) is 10.2. The molecule has 2 fully saturated rings. The van der Waals surface area contributed by atoms with Crippen LogP contribution >= 0.6 is 0 Å². The smallest absolute Gasteiger partial charge is 0.386 e. The summed E-state index contributed by atoms with van der Waals surface area (Å²) < 4.78 is 131. The molecule has 2 amide bonds. The van der Waals surface area contributed by atoms with Gasteiger partial charge in [0, 0.05) is 70.6 Å². The highest BCUT2D eigenvalue weighted by Crippen LogP contribution is 2.33. The van der Waals surface area contributed by atoms with Gasteiger partial charge in [-0.25, -0.2) is 16.8 Å². The van der Waals surface area contributed by atoms with E-state index in [1.165, 1.54) is 0 Å². The van der Waals surface area contributed by atoms with Crippen LogP contribution in [0.25, 0.3) is 0 Å². The minimum Gasteiger partial charge on any atom is -0.386 e. The first kappa shape index (κ1) is 49.6. The summed E-state index contributed by atoms with van der Waals surface area (Å²) in [6, 6.07) is 22.8. The average Bonchev–Trinajstić information content (AvgIpc) is 3.73. The molecule has 7 rings (SSSR count). The number of carbonyl (C=O) groups is 2. The molecule has 4 aromatic rings. The van der Waals surface area contributed by atoms with Crippen molar-refractivity contribution in [1.29, 1.82) is 0 Å². The van der Waals surface area contributed by atoms with Crippen LogP contribution in [0.4, 0.5) is 32.0 Å². The molecule has 0 bridgehead atoms. The molecule has 3 aliphatic rings. The summed E-state index contributed by atoms with van der Waals surface area (Å²) in [6.45, 7) is 2.64. The van der Waals surface area contributed by atoms with Crippen molar-refractivity contribution in [3.05, 3.63) is 125 Å². The molecule has 3 heterocycles. The number of nitrogens with one attached hydrogen (secondary N) is 1. The number of alkyl halides is 6. The zero-order valence-electron chi connectivity index (χ0n) is 35.5. The summed E-state index contributed by atoms with van der Waals surface area (Å²) in [5, 5.41) is 10.6. The number of amides is 2. The first-order chi connectivity index (χ1) is 31.2. The number of piperidine rings is 2. The van der Waals surface area contributed by atoms with Crippen molar-refractivity contribution in [3.8, 4) is 0 Å². The Morgan fingerprint density at radius 1 is 0.621 bits per heavy atom. The second kappa shape index (κ2) is 21.2. The molecule has 14 nitrogen and oxygen atoms in total. The second-order valence-corrected chi connectivity index (χ2v) is 19.3. The van der Waals surface area contributed by atoms with Gasteiger partial charge in [0.1, 0.15) is 0 Å². The molecule has 0 atom stereocenters. The molecule has 66 heavy (non-hydrogen) atoms. The van der Waals surface area contributed by atoms with Crippen LogP contribution < -0.4 is 10.2 Å². The zero-order valence-corrected chi connectivity index (χ0v) is 37.1. The van der Waals surface area contributed by atoms with E-state index < -0.39 is 53.3 Å². The lowest BCUT2D eigenvalue weighted by molar-refractivity contribution is -0.138. The molecule has 0 aromatic heterocycles. The third-order valence-electron chi connectivity index (χ3n) is 10.7. The number of nitrogens with zero attached hydrogens (tertiary/aromatic N) is 5. The molecule has 0 unspecified atom stereocenters. The standard InChI is InChI=1S/C22H22F3N3O4S.C22H24F3N3O4S/c23-22(24,25)17-5-3-6-19(14-17)33(30,31)27-11-9-18(10-12-27)26-32-15-21(29)28-13-8-16-4-1-2-7-20(16)28;1-16-4-2-5-17(12-16)14-26-21(29)15-32-27-19-8-10-28(11-9-19)33(30,31)20-7-3-6-18(13-20)22(23,24)25/h1-7,14H,8-13,15H2;2-7,12-13H,8-11,14-15H2,1H3,(H,26,29). The van der Waals surface area contributed by atoms with Gasteiger partial charge < -0.3 is 19.9 Å². The van der Waals surface area contributed by atoms with Crippen molar-refractivity contribution >= 4 is 49.0 Å². The van der Waals surface area contributed by atoms with Gasteiger partial charge in [-0.1, -0.05) is 70.5 Å². The number of carbonyl (C=O) groups excluding carboxylic acids is 2. The predicted octanol–water partition coefficient (Wildman–Crippen LogP) is 6.94. The molecule has 4 aromatic carbocycles. The lowest BCUT2D eigenvalue weighted by Crippen LogP contribution is -2.39. The van der Waals surface area contributed by atoms with Gasteiger partial charge >= 0.3 is 12.4 Å². The Morgan fingerprint density at radius 2 is 1.12 bits per heavy atom. The summed E-state index contributed by atoms with van der Waals surface area (Å²) in [6.07, 6.45) is -7.44. The van der Waals surface area contributed by atoms with Crippen molar-refractivity contribution in [2.45, 2.75) is 67.7 Å². The molecule has 0 spiro atoms. The van der Waals surface area contributed by atoms with Gasteiger partial charge in [-0.3, -0.25) is 9.59 Å². The summed E-state index contributed by atoms with van der Waals surface area (Å²) in [7, 11) is -8.13. The summed E-state index contributed by atoms with van der Waals surface area (Å²) in [4.78, 5) is 35.5. The van der Waals surface area contributed by atoms with Crippen molar-refractivity contribution in [1.82, 2.24) is 13.9 Å². The number of oxime groups is 2. The van der Waals surface area contributed by atoms with Crippen LogP contribution in [-0.4, -0.2) is 94.6 Å². The Balaban J connectivity index is 0.000000218. The molecule has 2 saturated heterocycles. The first-order valence-corrected chi connectivity index (χ1v) is 23.5. The van der Waals surface area contributed by atoms with E-state index in [-0.39, 0.29) is 76.9 Å². The van der Waals surface area contributed by atoms with Gasteiger partial charge in [0.15, 0.2) is 13.2 Å². The van der Waals surface area contributed by atoms with E-state index in [2.05, 4.69) is 15.6 Å². The highest BCUT2D eigenvalue weighted by atomic mass is 32.2. The third-order valence-corrected chi connectivity index (χ3v) is 14.5.